The van der Waals surface area contributed by atoms with Crippen LogP contribution in [0.5, 0.6) is 17.2 Å². The molecule has 2 aromatic carbocycles. The van der Waals surface area contributed by atoms with Gasteiger partial charge in [-0.3, -0.25) is 0 Å². The van der Waals surface area contributed by atoms with E-state index in [0.29, 0.717) is 28.2 Å². The van der Waals surface area contributed by atoms with E-state index in [1.165, 1.54) is 32.4 Å². The maximum Gasteiger partial charge on any atom is 0.165 e. The van der Waals surface area contributed by atoms with E-state index in [0.717, 1.165) is 0 Å². The van der Waals surface area contributed by atoms with E-state index in [9.17, 15) is 9.50 Å². The molecule has 0 aromatic heterocycles. The van der Waals surface area contributed by atoms with Crippen molar-refractivity contribution < 1.29 is 19.0 Å². The third kappa shape index (κ3) is 2.53. The van der Waals surface area contributed by atoms with Crippen LogP contribution in [-0.2, 0) is 6.54 Å². The first-order valence-electron chi connectivity index (χ1n) is 6.04. The monoisotopic (exact) mass is 277 g/mol. The molecule has 0 aliphatic heterocycles. The minimum atomic E-state index is -0.429. The van der Waals surface area contributed by atoms with Crippen LogP contribution in [0.25, 0.3) is 11.1 Å². The summed E-state index contributed by atoms with van der Waals surface area (Å²) in [5.74, 6) is 0.576. The van der Waals surface area contributed by atoms with Gasteiger partial charge < -0.3 is 20.3 Å². The summed E-state index contributed by atoms with van der Waals surface area (Å²) in [5.41, 5.74) is 7.39. The summed E-state index contributed by atoms with van der Waals surface area (Å²) in [6.45, 7) is 0.240. The third-order valence-electron chi connectivity index (χ3n) is 3.05. The number of hydrogen-bond donors (Lipinski definition) is 2. The van der Waals surface area contributed by atoms with Gasteiger partial charge in [0.25, 0.3) is 0 Å². The number of hydrogen-bond acceptors (Lipinski definition) is 4. The highest BCUT2D eigenvalue weighted by atomic mass is 19.1. The summed E-state index contributed by atoms with van der Waals surface area (Å²) in [6, 6.07) is 7.19. The fraction of sp³-hybridized carbons (Fsp3) is 0.200. The standard InChI is InChI=1S/C15H16FNO3/c1-19-14-6-9(5-10(8-17)15(14)20-2)12-7-11(16)3-4-13(12)18/h3-7,18H,8,17H2,1-2H3. The smallest absolute Gasteiger partial charge is 0.165 e. The molecule has 5 heteroatoms. The Bertz CT molecular complexity index is 604. The first-order chi connectivity index (χ1) is 9.60. The summed E-state index contributed by atoms with van der Waals surface area (Å²) >= 11 is 0. The van der Waals surface area contributed by atoms with E-state index in [1.54, 1.807) is 12.1 Å². The summed E-state index contributed by atoms with van der Waals surface area (Å²) in [7, 11) is 3.03. The first-order valence-corrected chi connectivity index (χ1v) is 6.04. The Labute approximate surface area is 116 Å². The number of halogens is 1. The molecule has 0 saturated heterocycles. The van der Waals surface area contributed by atoms with Gasteiger partial charge in [0, 0.05) is 17.7 Å². The number of benzene rings is 2. The van der Waals surface area contributed by atoms with E-state index in [1.807, 2.05) is 0 Å². The van der Waals surface area contributed by atoms with Crippen molar-refractivity contribution in [3.8, 4) is 28.4 Å². The summed E-state index contributed by atoms with van der Waals surface area (Å²) in [4.78, 5) is 0. The summed E-state index contributed by atoms with van der Waals surface area (Å²) in [6.07, 6.45) is 0. The number of methoxy groups -OCH3 is 2. The number of rotatable bonds is 4. The number of aromatic hydroxyl groups is 1. The third-order valence-corrected chi connectivity index (χ3v) is 3.05. The molecule has 4 nitrogen and oxygen atoms in total. The molecule has 2 rings (SSSR count). The van der Waals surface area contributed by atoms with Crippen molar-refractivity contribution in [3.05, 3.63) is 41.7 Å². The highest BCUT2D eigenvalue weighted by Gasteiger charge is 2.14. The molecule has 20 heavy (non-hydrogen) atoms. The molecule has 0 fully saturated rings. The zero-order valence-electron chi connectivity index (χ0n) is 11.3. The molecule has 0 spiro atoms. The van der Waals surface area contributed by atoms with Crippen LogP contribution in [0.3, 0.4) is 0 Å². The van der Waals surface area contributed by atoms with Crippen molar-refractivity contribution in [3.63, 3.8) is 0 Å². The topological polar surface area (TPSA) is 64.7 Å². The Morgan fingerprint density at radius 2 is 1.90 bits per heavy atom. The van der Waals surface area contributed by atoms with Gasteiger partial charge in [0.15, 0.2) is 11.5 Å². The van der Waals surface area contributed by atoms with Crippen molar-refractivity contribution in [2.75, 3.05) is 14.2 Å². The van der Waals surface area contributed by atoms with Crippen LogP contribution in [-0.4, -0.2) is 19.3 Å². The quantitative estimate of drug-likeness (QED) is 0.901. The highest BCUT2D eigenvalue weighted by Crippen LogP contribution is 2.38. The van der Waals surface area contributed by atoms with Gasteiger partial charge in [0.2, 0.25) is 0 Å². The van der Waals surface area contributed by atoms with Gasteiger partial charge in [-0.25, -0.2) is 4.39 Å². The predicted molar refractivity (Wildman–Crippen MR) is 74.5 cm³/mol. The highest BCUT2D eigenvalue weighted by molar-refractivity contribution is 5.74. The van der Waals surface area contributed by atoms with Gasteiger partial charge in [0.1, 0.15) is 11.6 Å². The van der Waals surface area contributed by atoms with Crippen LogP contribution in [0.2, 0.25) is 0 Å². The molecule has 0 amide bonds. The van der Waals surface area contributed by atoms with Gasteiger partial charge in [-0.15, -0.1) is 0 Å². The lowest BCUT2D eigenvalue weighted by Crippen LogP contribution is -2.02. The molecule has 106 valence electrons. The fourth-order valence-corrected chi connectivity index (χ4v) is 2.09. The maximum absolute atomic E-state index is 13.4. The molecule has 3 N–H and O–H groups in total. The first kappa shape index (κ1) is 14.1. The van der Waals surface area contributed by atoms with Crippen LogP contribution in [0.15, 0.2) is 30.3 Å². The molecule has 0 unspecified atom stereocenters. The molecular formula is C15H16FNO3. The zero-order chi connectivity index (χ0) is 14.7. The van der Waals surface area contributed by atoms with Crippen molar-refractivity contribution in [1.29, 1.82) is 0 Å². The SMILES string of the molecule is COc1cc(-c2cc(F)ccc2O)cc(CN)c1OC. The van der Waals surface area contributed by atoms with E-state index in [-0.39, 0.29) is 12.3 Å². The number of ether oxygens (including phenoxy) is 2. The van der Waals surface area contributed by atoms with Gasteiger partial charge in [-0.2, -0.15) is 0 Å². The largest absolute Gasteiger partial charge is 0.507 e. The maximum atomic E-state index is 13.4. The number of nitrogens with two attached hydrogens (primary N) is 1. The van der Waals surface area contributed by atoms with Crippen LogP contribution in [0.1, 0.15) is 5.56 Å². The normalized spacial score (nSPS) is 10.4. The lowest BCUT2D eigenvalue weighted by Gasteiger charge is -2.15. The lowest BCUT2D eigenvalue weighted by molar-refractivity contribution is 0.352. The zero-order valence-corrected chi connectivity index (χ0v) is 11.3. The number of phenols is 1. The van der Waals surface area contributed by atoms with E-state index < -0.39 is 5.82 Å². The Balaban J connectivity index is 2.65. The van der Waals surface area contributed by atoms with Crippen LogP contribution >= 0.6 is 0 Å². The Hall–Kier alpha value is -2.27. The minimum Gasteiger partial charge on any atom is -0.507 e. The average Bonchev–Trinajstić information content (AvgIpc) is 2.48. The van der Waals surface area contributed by atoms with Crippen LogP contribution in [0, 0.1) is 5.82 Å². The van der Waals surface area contributed by atoms with Crippen molar-refractivity contribution in [2.24, 2.45) is 5.73 Å². The second-order valence-electron chi connectivity index (χ2n) is 4.24. The van der Waals surface area contributed by atoms with Crippen molar-refractivity contribution in [2.45, 2.75) is 6.54 Å². The molecule has 0 bridgehead atoms. The van der Waals surface area contributed by atoms with Gasteiger partial charge in [-0.1, -0.05) is 0 Å². The minimum absolute atomic E-state index is 0.0124. The van der Waals surface area contributed by atoms with Crippen molar-refractivity contribution >= 4 is 0 Å². The van der Waals surface area contributed by atoms with E-state index in [4.69, 9.17) is 15.2 Å². The molecule has 0 heterocycles. The molecule has 0 aliphatic carbocycles. The van der Waals surface area contributed by atoms with Crippen molar-refractivity contribution in [1.82, 2.24) is 0 Å². The van der Waals surface area contributed by atoms with Gasteiger partial charge in [-0.05, 0) is 35.9 Å². The Morgan fingerprint density at radius 1 is 1.15 bits per heavy atom. The predicted octanol–water partition coefficient (Wildman–Crippen LogP) is 2.67. The lowest BCUT2D eigenvalue weighted by atomic mass is 10.0. The molecule has 0 radical (unpaired) electrons. The summed E-state index contributed by atoms with van der Waals surface area (Å²) < 4.78 is 23.9. The van der Waals surface area contributed by atoms with Crippen LogP contribution in [0.4, 0.5) is 4.39 Å². The molecule has 0 aliphatic rings. The second-order valence-corrected chi connectivity index (χ2v) is 4.24. The molecular weight excluding hydrogens is 261 g/mol. The van der Waals surface area contributed by atoms with Gasteiger partial charge in [0.05, 0.1) is 14.2 Å². The summed E-state index contributed by atoms with van der Waals surface area (Å²) in [5, 5.41) is 9.87. The Kier molecular flexibility index (Phi) is 4.10. The Morgan fingerprint density at radius 3 is 2.50 bits per heavy atom. The second kappa shape index (κ2) is 5.79. The molecule has 0 atom stereocenters. The molecule has 2 aromatic rings. The molecule has 0 saturated carbocycles. The van der Waals surface area contributed by atoms with E-state index >= 15 is 0 Å². The fourth-order valence-electron chi connectivity index (χ4n) is 2.09. The average molecular weight is 277 g/mol. The number of phenolic OH excluding ortho intramolecular Hbond substituents is 1. The van der Waals surface area contributed by atoms with E-state index in [2.05, 4.69) is 0 Å². The van der Waals surface area contributed by atoms with Crippen LogP contribution < -0.4 is 15.2 Å². The van der Waals surface area contributed by atoms with Gasteiger partial charge >= 0.3 is 0 Å².